The van der Waals surface area contributed by atoms with Crippen LogP contribution in [-0.2, 0) is 4.74 Å². The maximum absolute atomic E-state index is 12.0. The van der Waals surface area contributed by atoms with Crippen molar-refractivity contribution in [2.45, 2.75) is 39.2 Å². The second-order valence-electron chi connectivity index (χ2n) is 5.49. The highest BCUT2D eigenvalue weighted by Gasteiger charge is 2.17. The number of anilines is 1. The molecular weight excluding hydrogens is 383 g/mol. The van der Waals surface area contributed by atoms with Crippen LogP contribution in [-0.4, -0.2) is 45.2 Å². The molecule has 142 valence electrons. The predicted molar refractivity (Wildman–Crippen MR) is 98.3 cm³/mol. The van der Waals surface area contributed by atoms with E-state index in [1.165, 1.54) is 12.3 Å². The molecule has 1 atom stereocenters. The Morgan fingerprint density at radius 3 is 2.77 bits per heavy atom. The smallest absolute Gasteiger partial charge is 0.342 e. The molecule has 1 aliphatic heterocycles. The Kier molecular flexibility index (Phi) is 7.43. The maximum Gasteiger partial charge on any atom is 0.342 e. The van der Waals surface area contributed by atoms with E-state index in [0.717, 1.165) is 19.3 Å². The molecule has 1 unspecified atom stereocenters. The number of nitrogens with one attached hydrogen (secondary N) is 2. The molecule has 3 N–H and O–H groups in total. The number of hydrogen-bond donors (Lipinski definition) is 3. The molecule has 0 saturated carbocycles. The molecule has 26 heavy (non-hydrogen) atoms. The van der Waals surface area contributed by atoms with Gasteiger partial charge in [0, 0.05) is 12.1 Å². The van der Waals surface area contributed by atoms with Crippen LogP contribution >= 0.6 is 23.2 Å². The highest BCUT2D eigenvalue weighted by Crippen LogP contribution is 2.15. The monoisotopic (exact) mass is 402 g/mol. The third-order valence-corrected chi connectivity index (χ3v) is 3.95. The second kappa shape index (κ2) is 9.56. The van der Waals surface area contributed by atoms with Gasteiger partial charge in [0.25, 0.3) is 0 Å². The quantitative estimate of drug-likeness (QED) is 0.525. The third kappa shape index (κ3) is 6.01. The van der Waals surface area contributed by atoms with Crippen LogP contribution in [0.4, 0.5) is 10.7 Å². The number of urea groups is 1. The average Bonchev–Trinajstić information content (AvgIpc) is 2.64. The summed E-state index contributed by atoms with van der Waals surface area (Å²) in [5.74, 6) is 0.319. The van der Waals surface area contributed by atoms with Crippen LogP contribution in [0.1, 0.15) is 33.1 Å². The van der Waals surface area contributed by atoms with Gasteiger partial charge in [-0.2, -0.15) is 5.17 Å². The van der Waals surface area contributed by atoms with Gasteiger partial charge in [-0.05, 0) is 26.2 Å². The lowest BCUT2D eigenvalue weighted by atomic mass is 10.1. The molecule has 0 saturated heterocycles. The standard InChI is InChI=1S/C15H20Cl2N6O3/c1-3-10-5-4-6-26-9(2)11(8-18-10)23(25)22-15(24)21-14-19-12(16)7-13(17)20-14/h7-8,10,25H,3-6H2,1-2H3,(H2,19,20,21,22,24)/b11-9-,18-8?. The van der Waals surface area contributed by atoms with Crippen LogP contribution in [0.3, 0.4) is 0 Å². The van der Waals surface area contributed by atoms with Crippen molar-refractivity contribution in [3.05, 3.63) is 27.8 Å². The zero-order chi connectivity index (χ0) is 19.1. The fourth-order valence-electron chi connectivity index (χ4n) is 2.20. The van der Waals surface area contributed by atoms with Crippen molar-refractivity contribution in [2.24, 2.45) is 4.99 Å². The molecule has 0 aromatic carbocycles. The van der Waals surface area contributed by atoms with Gasteiger partial charge in [0.15, 0.2) is 0 Å². The van der Waals surface area contributed by atoms with Crippen molar-refractivity contribution in [3.63, 3.8) is 0 Å². The lowest BCUT2D eigenvalue weighted by Gasteiger charge is -2.20. The molecule has 0 aliphatic carbocycles. The largest absolute Gasteiger partial charge is 0.496 e. The Balaban J connectivity index is 2.07. The van der Waals surface area contributed by atoms with E-state index in [-0.39, 0.29) is 28.0 Å². The van der Waals surface area contributed by atoms with Gasteiger partial charge in [-0.1, -0.05) is 30.1 Å². The molecule has 9 nitrogen and oxygen atoms in total. The minimum Gasteiger partial charge on any atom is -0.496 e. The summed E-state index contributed by atoms with van der Waals surface area (Å²) in [5, 5.41) is 13.2. The number of rotatable bonds is 4. The van der Waals surface area contributed by atoms with Gasteiger partial charge in [-0.25, -0.2) is 20.2 Å². The zero-order valence-corrected chi connectivity index (χ0v) is 15.9. The van der Waals surface area contributed by atoms with Crippen molar-refractivity contribution in [2.75, 3.05) is 11.9 Å². The highest BCUT2D eigenvalue weighted by molar-refractivity contribution is 6.33. The van der Waals surface area contributed by atoms with Crippen molar-refractivity contribution in [1.82, 2.24) is 20.6 Å². The van der Waals surface area contributed by atoms with Crippen molar-refractivity contribution < 1.29 is 14.7 Å². The van der Waals surface area contributed by atoms with E-state index in [4.69, 9.17) is 27.9 Å². The van der Waals surface area contributed by atoms with Crippen LogP contribution in [0.25, 0.3) is 0 Å². The maximum atomic E-state index is 12.0. The summed E-state index contributed by atoms with van der Waals surface area (Å²) >= 11 is 11.5. The molecule has 0 spiro atoms. The molecule has 11 heteroatoms. The molecule has 2 amide bonds. The summed E-state index contributed by atoms with van der Waals surface area (Å²) in [7, 11) is 0. The van der Waals surface area contributed by atoms with Crippen molar-refractivity contribution in [1.29, 1.82) is 0 Å². The molecule has 1 aromatic heterocycles. The lowest BCUT2D eigenvalue weighted by molar-refractivity contribution is -0.0839. The Morgan fingerprint density at radius 2 is 2.12 bits per heavy atom. The normalized spacial score (nSPS) is 20.4. The minimum atomic E-state index is -0.800. The van der Waals surface area contributed by atoms with E-state index >= 15 is 0 Å². The topological polar surface area (TPSA) is 112 Å². The van der Waals surface area contributed by atoms with Crippen molar-refractivity contribution in [3.8, 4) is 0 Å². The molecule has 0 fully saturated rings. The van der Waals surface area contributed by atoms with Gasteiger partial charge in [-0.15, -0.1) is 0 Å². The third-order valence-electron chi connectivity index (χ3n) is 3.56. The number of hydrazine groups is 1. The van der Waals surface area contributed by atoms with Crippen LogP contribution in [0.2, 0.25) is 10.3 Å². The predicted octanol–water partition coefficient (Wildman–Crippen LogP) is 3.40. The molecule has 0 bridgehead atoms. The number of hydroxylamine groups is 1. The van der Waals surface area contributed by atoms with E-state index in [2.05, 4.69) is 25.7 Å². The Bertz CT molecular complexity index is 692. The molecule has 1 aromatic rings. The number of carbonyl (C=O) groups is 1. The number of allylic oxidation sites excluding steroid dienone is 2. The first kappa shape index (κ1) is 20.2. The van der Waals surface area contributed by atoms with E-state index in [1.54, 1.807) is 6.92 Å². The Labute approximate surface area is 161 Å². The number of hydrogen-bond acceptors (Lipinski definition) is 7. The first-order chi connectivity index (χ1) is 12.4. The fourth-order valence-corrected chi connectivity index (χ4v) is 2.63. The molecule has 2 heterocycles. The second-order valence-corrected chi connectivity index (χ2v) is 6.26. The molecule has 2 rings (SSSR count). The van der Waals surface area contributed by atoms with Crippen molar-refractivity contribution >= 4 is 41.4 Å². The van der Waals surface area contributed by atoms with Crippen LogP contribution in [0.5, 0.6) is 0 Å². The van der Waals surface area contributed by atoms with Gasteiger partial charge < -0.3 is 4.74 Å². The number of carbonyl (C=O) groups excluding carboxylic acids is 1. The summed E-state index contributed by atoms with van der Waals surface area (Å²) in [6.45, 7) is 4.22. The number of amides is 2. The van der Waals surface area contributed by atoms with Gasteiger partial charge in [-0.3, -0.25) is 15.5 Å². The van der Waals surface area contributed by atoms with Gasteiger partial charge in [0.05, 0.1) is 12.8 Å². The number of aliphatic imine (C=N–C) groups is 1. The average molecular weight is 403 g/mol. The minimum absolute atomic E-state index is 0.0714. The van der Waals surface area contributed by atoms with Gasteiger partial charge in [0.1, 0.15) is 21.8 Å². The first-order valence-corrected chi connectivity index (χ1v) is 8.78. The molecular formula is C15H20Cl2N6O3. The molecule has 1 aliphatic rings. The van der Waals surface area contributed by atoms with Crippen LogP contribution in [0.15, 0.2) is 22.5 Å². The lowest BCUT2D eigenvalue weighted by Crippen LogP contribution is -2.43. The van der Waals surface area contributed by atoms with E-state index in [9.17, 15) is 10.0 Å². The summed E-state index contributed by atoms with van der Waals surface area (Å²) in [4.78, 5) is 24.1. The van der Waals surface area contributed by atoms with E-state index in [1.807, 2.05) is 6.92 Å². The summed E-state index contributed by atoms with van der Waals surface area (Å²) in [6.07, 6.45) is 4.09. The zero-order valence-electron chi connectivity index (χ0n) is 14.4. The fraction of sp³-hybridized carbons (Fsp3) is 0.467. The first-order valence-electron chi connectivity index (χ1n) is 8.02. The van der Waals surface area contributed by atoms with Crippen LogP contribution in [0, 0.1) is 0 Å². The Hall–Kier alpha value is -2.10. The number of halogens is 2. The van der Waals surface area contributed by atoms with E-state index < -0.39 is 6.03 Å². The number of aromatic nitrogens is 2. The summed E-state index contributed by atoms with van der Waals surface area (Å²) in [5.41, 5.74) is 2.43. The van der Waals surface area contributed by atoms with E-state index in [0.29, 0.717) is 17.5 Å². The molecule has 0 radical (unpaired) electrons. The Morgan fingerprint density at radius 1 is 1.42 bits per heavy atom. The number of ether oxygens (including phenoxy) is 1. The van der Waals surface area contributed by atoms with Gasteiger partial charge >= 0.3 is 6.03 Å². The number of nitrogens with zero attached hydrogens (tertiary/aromatic N) is 4. The van der Waals surface area contributed by atoms with Gasteiger partial charge in [0.2, 0.25) is 5.95 Å². The van der Waals surface area contributed by atoms with Crippen LogP contribution < -0.4 is 10.7 Å². The SMILES string of the molecule is CCC1CCCO/C(C)=C(\N(O)NC(=O)Nc2nc(Cl)cc(Cl)n2)C=N1. The summed E-state index contributed by atoms with van der Waals surface area (Å²) in [6, 6.07) is 0.656. The summed E-state index contributed by atoms with van der Waals surface area (Å²) < 4.78 is 5.58. The highest BCUT2D eigenvalue weighted by atomic mass is 35.5.